The van der Waals surface area contributed by atoms with Gasteiger partial charge in [-0.15, -0.1) is 0 Å². The maximum Gasteiger partial charge on any atom is 0.325 e. The van der Waals surface area contributed by atoms with E-state index in [2.05, 4.69) is 15.6 Å². The molecular weight excluding hydrogens is 638 g/mol. The zero-order chi connectivity index (χ0) is 35.4. The number of aromatic nitrogens is 1. The van der Waals surface area contributed by atoms with E-state index in [-0.39, 0.29) is 38.8 Å². The normalized spacial score (nSPS) is 22.9. The lowest BCUT2D eigenvalue weighted by molar-refractivity contribution is -0.153. The van der Waals surface area contributed by atoms with Crippen molar-refractivity contribution in [2.45, 2.75) is 51.2 Å². The monoisotopic (exact) mass is 677 g/mol. The molecule has 0 spiro atoms. The molecule has 258 valence electrons. The maximum absolute atomic E-state index is 15.2. The summed E-state index contributed by atoms with van der Waals surface area (Å²) in [5.74, 6) is -6.28. The molecule has 1 saturated carbocycles. The van der Waals surface area contributed by atoms with Gasteiger partial charge in [0.15, 0.2) is 0 Å². The number of nitrogens with one attached hydrogen (secondary N) is 2. The number of likely N-dealkylation sites (tertiary alicyclic amines) is 1. The Morgan fingerprint density at radius 2 is 1.56 bits per heavy atom. The van der Waals surface area contributed by atoms with Crippen LogP contribution in [0, 0.1) is 17.8 Å². The number of rotatable bonds is 10. The van der Waals surface area contributed by atoms with Crippen LogP contribution in [0.2, 0.25) is 0 Å². The van der Waals surface area contributed by atoms with Gasteiger partial charge in [-0.2, -0.15) is 0 Å². The van der Waals surface area contributed by atoms with Crippen LogP contribution in [0.1, 0.15) is 43.0 Å². The molecule has 6 rings (SSSR count). The number of ether oxygens (including phenoxy) is 1. The van der Waals surface area contributed by atoms with Gasteiger partial charge in [-0.1, -0.05) is 79.2 Å². The first-order valence-electron chi connectivity index (χ1n) is 16.7. The van der Waals surface area contributed by atoms with Crippen molar-refractivity contribution in [3.8, 4) is 0 Å². The standard InChI is InChI=1S/C38H39N5O7/c1-3-27-28-17-18-29-31(35(47)42(33(29)45)23-30(44)50-2)32(28)38(20-24-12-6-4-7-13-24,36(48)40-21-25-14-8-5-9-15-25)43(34(27)46)37(49)41-22-26-16-10-11-19-39-26/h4-16,19,29,31-32H,3,17-18,20-23H2,1-2H3,(H,40,48)(H,41,49)/t29-,31-,32+,38+/m1/s1. The number of nitrogens with zero attached hydrogens (tertiary/aromatic N) is 3. The van der Waals surface area contributed by atoms with Crippen LogP contribution >= 0.6 is 0 Å². The minimum atomic E-state index is -1.99. The van der Waals surface area contributed by atoms with E-state index in [1.54, 1.807) is 55.6 Å². The van der Waals surface area contributed by atoms with Crippen molar-refractivity contribution >= 4 is 35.6 Å². The lowest BCUT2D eigenvalue weighted by Gasteiger charge is -2.54. The van der Waals surface area contributed by atoms with E-state index in [0.717, 1.165) is 15.4 Å². The number of methoxy groups -OCH3 is 1. The number of imide groups is 2. The molecule has 3 aliphatic rings. The number of pyridine rings is 1. The second-order valence-electron chi connectivity index (χ2n) is 12.7. The van der Waals surface area contributed by atoms with Gasteiger partial charge in [0.1, 0.15) is 12.1 Å². The number of urea groups is 1. The van der Waals surface area contributed by atoms with Crippen molar-refractivity contribution < 1.29 is 33.5 Å². The molecule has 2 aliphatic heterocycles. The number of amides is 6. The summed E-state index contributed by atoms with van der Waals surface area (Å²) in [6.07, 6.45) is 2.18. The van der Waals surface area contributed by atoms with Gasteiger partial charge in [-0.3, -0.25) is 33.9 Å². The second kappa shape index (κ2) is 14.5. The molecule has 12 nitrogen and oxygen atoms in total. The molecule has 1 aromatic heterocycles. The van der Waals surface area contributed by atoms with Crippen molar-refractivity contribution in [3.05, 3.63) is 113 Å². The fourth-order valence-electron chi connectivity index (χ4n) is 7.79. The molecule has 0 radical (unpaired) electrons. The number of fused-ring (bicyclic) bond motifs is 3. The molecule has 1 saturated heterocycles. The van der Waals surface area contributed by atoms with Crippen LogP contribution < -0.4 is 10.6 Å². The molecule has 2 aromatic carbocycles. The smallest absolute Gasteiger partial charge is 0.325 e. The van der Waals surface area contributed by atoms with Crippen molar-refractivity contribution in [2.75, 3.05) is 13.7 Å². The molecule has 3 heterocycles. The first-order chi connectivity index (χ1) is 24.2. The molecular formula is C38H39N5O7. The molecule has 0 bridgehead atoms. The number of esters is 1. The highest BCUT2D eigenvalue weighted by molar-refractivity contribution is 6.13. The summed E-state index contributed by atoms with van der Waals surface area (Å²) in [5, 5.41) is 5.81. The minimum Gasteiger partial charge on any atom is -0.468 e. The first-order valence-corrected chi connectivity index (χ1v) is 16.7. The van der Waals surface area contributed by atoms with Crippen LogP contribution in [-0.4, -0.2) is 69.6 Å². The molecule has 6 amide bonds. The fraction of sp³-hybridized carbons (Fsp3) is 0.342. The zero-order valence-electron chi connectivity index (χ0n) is 28.0. The summed E-state index contributed by atoms with van der Waals surface area (Å²) < 4.78 is 4.79. The number of carbonyl (C=O) groups excluding carboxylic acids is 6. The Hall–Kier alpha value is -5.65. The summed E-state index contributed by atoms with van der Waals surface area (Å²) in [6.45, 7) is 1.26. The van der Waals surface area contributed by atoms with E-state index < -0.39 is 65.5 Å². The summed E-state index contributed by atoms with van der Waals surface area (Å²) in [4.78, 5) is 91.2. The minimum absolute atomic E-state index is 0.0322. The van der Waals surface area contributed by atoms with E-state index in [1.807, 2.05) is 36.4 Å². The predicted octanol–water partition coefficient (Wildman–Crippen LogP) is 3.32. The number of hydrogen-bond acceptors (Lipinski definition) is 8. The van der Waals surface area contributed by atoms with Crippen molar-refractivity contribution in [1.29, 1.82) is 0 Å². The van der Waals surface area contributed by atoms with Crippen molar-refractivity contribution in [3.63, 3.8) is 0 Å². The molecule has 12 heteroatoms. The third-order valence-corrected chi connectivity index (χ3v) is 10.0. The van der Waals surface area contributed by atoms with Gasteiger partial charge in [0, 0.05) is 30.7 Å². The number of benzene rings is 2. The van der Waals surface area contributed by atoms with Gasteiger partial charge in [-0.05, 0) is 42.5 Å². The van der Waals surface area contributed by atoms with Crippen molar-refractivity contribution in [1.82, 2.24) is 25.4 Å². The highest BCUT2D eigenvalue weighted by Crippen LogP contribution is 2.55. The Balaban J connectivity index is 1.55. The van der Waals surface area contributed by atoms with E-state index in [1.165, 1.54) is 7.11 Å². The van der Waals surface area contributed by atoms with E-state index >= 15 is 4.79 Å². The van der Waals surface area contributed by atoms with Crippen LogP contribution in [0.15, 0.2) is 96.2 Å². The predicted molar refractivity (Wildman–Crippen MR) is 180 cm³/mol. The van der Waals surface area contributed by atoms with Gasteiger partial charge in [-0.25, -0.2) is 9.69 Å². The summed E-state index contributed by atoms with van der Waals surface area (Å²) in [6, 6.07) is 22.6. The molecule has 3 aromatic rings. The molecule has 2 fully saturated rings. The Labute approximate surface area is 289 Å². The molecule has 1 aliphatic carbocycles. The van der Waals surface area contributed by atoms with E-state index in [4.69, 9.17) is 4.74 Å². The Morgan fingerprint density at radius 3 is 2.20 bits per heavy atom. The molecule has 50 heavy (non-hydrogen) atoms. The topological polar surface area (TPSA) is 155 Å². The average molecular weight is 678 g/mol. The van der Waals surface area contributed by atoms with Crippen LogP contribution in [0.25, 0.3) is 0 Å². The SMILES string of the molecule is CCC1=C2CC[C@H]3C(=O)N(CC(=O)OC)C(=O)[C@H]3[C@H]2[C@@](Cc2ccccc2)(C(=O)NCc2ccccc2)N(C(=O)NCc2ccccn2)C1=O. The van der Waals surface area contributed by atoms with E-state index in [0.29, 0.717) is 22.4 Å². The van der Waals surface area contributed by atoms with Gasteiger partial charge in [0.25, 0.3) is 5.91 Å². The molecule has 4 atom stereocenters. The van der Waals surface area contributed by atoms with Gasteiger partial charge >= 0.3 is 12.0 Å². The highest BCUT2D eigenvalue weighted by Gasteiger charge is 2.67. The Kier molecular flexibility index (Phi) is 9.89. The van der Waals surface area contributed by atoms with Crippen LogP contribution in [0.5, 0.6) is 0 Å². The summed E-state index contributed by atoms with van der Waals surface area (Å²) in [5.41, 5.74) is 0.879. The zero-order valence-corrected chi connectivity index (χ0v) is 28.0. The van der Waals surface area contributed by atoms with Gasteiger partial charge in [0.2, 0.25) is 17.7 Å². The van der Waals surface area contributed by atoms with Crippen molar-refractivity contribution in [2.24, 2.45) is 17.8 Å². The molecule has 2 N–H and O–H groups in total. The lowest BCUT2D eigenvalue weighted by atomic mass is 9.57. The average Bonchev–Trinajstić information content (AvgIpc) is 3.38. The van der Waals surface area contributed by atoms with Crippen LogP contribution in [0.4, 0.5) is 4.79 Å². The summed E-state index contributed by atoms with van der Waals surface area (Å²) in [7, 11) is 1.17. The number of hydrogen-bond donors (Lipinski definition) is 2. The van der Waals surface area contributed by atoms with E-state index in [9.17, 15) is 24.0 Å². The summed E-state index contributed by atoms with van der Waals surface area (Å²) >= 11 is 0. The van der Waals surface area contributed by atoms with Crippen LogP contribution in [-0.2, 0) is 48.2 Å². The Bertz CT molecular complexity index is 1830. The Morgan fingerprint density at radius 1 is 0.880 bits per heavy atom. The second-order valence-corrected chi connectivity index (χ2v) is 12.7. The third-order valence-electron chi connectivity index (χ3n) is 10.0. The molecule has 0 unspecified atom stereocenters. The van der Waals surface area contributed by atoms with Gasteiger partial charge < -0.3 is 15.4 Å². The highest BCUT2D eigenvalue weighted by atomic mass is 16.5. The maximum atomic E-state index is 15.2. The number of carbonyl (C=O) groups is 6. The third kappa shape index (κ3) is 6.17. The lowest BCUT2D eigenvalue weighted by Crippen LogP contribution is -2.73. The quantitative estimate of drug-likeness (QED) is 0.245. The van der Waals surface area contributed by atoms with Crippen LogP contribution in [0.3, 0.4) is 0 Å². The van der Waals surface area contributed by atoms with Gasteiger partial charge in [0.05, 0.1) is 31.2 Å². The fourth-order valence-corrected chi connectivity index (χ4v) is 7.79. The first kappa shape index (κ1) is 34.2. The largest absolute Gasteiger partial charge is 0.468 e.